The molecule has 0 aromatic heterocycles. The lowest BCUT2D eigenvalue weighted by atomic mass is 10.1. The molecule has 0 bridgehead atoms. The molecular formula is C14H22N2O2S. The molecule has 1 aromatic rings. The van der Waals surface area contributed by atoms with Crippen molar-refractivity contribution < 1.29 is 8.42 Å². The van der Waals surface area contributed by atoms with Gasteiger partial charge >= 0.3 is 0 Å². The van der Waals surface area contributed by atoms with Gasteiger partial charge in [-0.25, -0.2) is 8.42 Å². The fraction of sp³-hybridized carbons (Fsp3) is 0.571. The minimum absolute atomic E-state index is 0.0882. The molecule has 0 amide bonds. The van der Waals surface area contributed by atoms with Gasteiger partial charge in [0.25, 0.3) is 0 Å². The van der Waals surface area contributed by atoms with E-state index >= 15 is 0 Å². The van der Waals surface area contributed by atoms with E-state index < -0.39 is 10.0 Å². The molecule has 1 unspecified atom stereocenters. The van der Waals surface area contributed by atoms with Crippen LogP contribution in [0.3, 0.4) is 0 Å². The second-order valence-corrected chi connectivity index (χ2v) is 7.22. The molecule has 1 atom stereocenters. The molecule has 1 fully saturated rings. The quantitative estimate of drug-likeness (QED) is 0.917. The SMILES string of the molecule is Cc1ccccc1N(C)S(=O)(=O)CC1CCCCN1. The number of nitrogens with zero attached hydrogens (tertiary/aromatic N) is 1. The minimum atomic E-state index is -3.26. The number of anilines is 1. The normalized spacial score (nSPS) is 20.2. The van der Waals surface area contributed by atoms with Crippen molar-refractivity contribution in [3.63, 3.8) is 0 Å². The Morgan fingerprint density at radius 2 is 2.05 bits per heavy atom. The lowest BCUT2D eigenvalue weighted by Gasteiger charge is -2.27. The van der Waals surface area contributed by atoms with Gasteiger partial charge in [-0.2, -0.15) is 0 Å². The maximum absolute atomic E-state index is 12.4. The van der Waals surface area contributed by atoms with Crippen molar-refractivity contribution in [2.45, 2.75) is 32.2 Å². The van der Waals surface area contributed by atoms with Crippen LogP contribution in [0.1, 0.15) is 24.8 Å². The number of para-hydroxylation sites is 1. The number of rotatable bonds is 4. The fourth-order valence-electron chi connectivity index (χ4n) is 2.50. The van der Waals surface area contributed by atoms with Crippen molar-refractivity contribution in [2.24, 2.45) is 0 Å². The van der Waals surface area contributed by atoms with E-state index in [2.05, 4.69) is 5.32 Å². The van der Waals surface area contributed by atoms with Crippen molar-refractivity contribution >= 4 is 15.7 Å². The van der Waals surface area contributed by atoms with Crippen LogP contribution in [0.5, 0.6) is 0 Å². The summed E-state index contributed by atoms with van der Waals surface area (Å²) in [7, 11) is -1.63. The van der Waals surface area contributed by atoms with Gasteiger partial charge in [-0.3, -0.25) is 4.31 Å². The van der Waals surface area contributed by atoms with Crippen molar-refractivity contribution in [1.29, 1.82) is 0 Å². The van der Waals surface area contributed by atoms with Gasteiger partial charge in [0.2, 0.25) is 10.0 Å². The van der Waals surface area contributed by atoms with E-state index in [0.29, 0.717) is 0 Å². The monoisotopic (exact) mass is 282 g/mol. The molecule has 1 saturated heterocycles. The standard InChI is InChI=1S/C14H22N2O2S/c1-12-7-3-4-9-14(12)16(2)19(17,18)11-13-8-5-6-10-15-13/h3-4,7,9,13,15H,5-6,8,10-11H2,1-2H3. The van der Waals surface area contributed by atoms with E-state index in [9.17, 15) is 8.42 Å². The molecule has 19 heavy (non-hydrogen) atoms. The predicted octanol–water partition coefficient (Wildman–Crippen LogP) is 1.90. The third kappa shape index (κ3) is 3.48. The first kappa shape index (κ1) is 14.3. The smallest absolute Gasteiger partial charge is 0.236 e. The van der Waals surface area contributed by atoms with Crippen LogP contribution in [0.4, 0.5) is 5.69 Å². The van der Waals surface area contributed by atoms with E-state index in [1.54, 1.807) is 7.05 Å². The van der Waals surface area contributed by atoms with Crippen LogP contribution in [0.25, 0.3) is 0 Å². The van der Waals surface area contributed by atoms with E-state index in [4.69, 9.17) is 0 Å². The van der Waals surface area contributed by atoms with Crippen LogP contribution < -0.4 is 9.62 Å². The van der Waals surface area contributed by atoms with Crippen molar-refractivity contribution in [3.8, 4) is 0 Å². The average Bonchev–Trinajstić information content (AvgIpc) is 2.39. The second kappa shape index (κ2) is 5.92. The maximum Gasteiger partial charge on any atom is 0.236 e. The topological polar surface area (TPSA) is 49.4 Å². The molecule has 106 valence electrons. The largest absolute Gasteiger partial charge is 0.313 e. The number of hydrogen-bond donors (Lipinski definition) is 1. The predicted molar refractivity (Wildman–Crippen MR) is 79.0 cm³/mol. The number of sulfonamides is 1. The number of piperidine rings is 1. The van der Waals surface area contributed by atoms with E-state index in [1.165, 1.54) is 4.31 Å². The molecule has 1 aliphatic rings. The van der Waals surface area contributed by atoms with Crippen LogP contribution in [0.2, 0.25) is 0 Å². The van der Waals surface area contributed by atoms with E-state index in [0.717, 1.165) is 37.1 Å². The highest BCUT2D eigenvalue weighted by atomic mass is 32.2. The van der Waals surface area contributed by atoms with Gasteiger partial charge in [0.05, 0.1) is 11.4 Å². The Bertz CT molecular complexity index is 522. The lowest BCUT2D eigenvalue weighted by Crippen LogP contribution is -2.43. The zero-order chi connectivity index (χ0) is 13.9. The first-order valence-electron chi connectivity index (χ1n) is 6.76. The third-order valence-electron chi connectivity index (χ3n) is 3.70. The van der Waals surface area contributed by atoms with Crippen LogP contribution >= 0.6 is 0 Å². The van der Waals surface area contributed by atoms with Gasteiger partial charge in [0.15, 0.2) is 0 Å². The van der Waals surface area contributed by atoms with Crippen LogP contribution in [0.15, 0.2) is 24.3 Å². The molecule has 1 N–H and O–H groups in total. The fourth-order valence-corrected chi connectivity index (χ4v) is 4.02. The van der Waals surface area contributed by atoms with Gasteiger partial charge in [0.1, 0.15) is 0 Å². The van der Waals surface area contributed by atoms with E-state index in [-0.39, 0.29) is 11.8 Å². The highest BCUT2D eigenvalue weighted by Gasteiger charge is 2.25. The van der Waals surface area contributed by atoms with Crippen LogP contribution in [-0.2, 0) is 10.0 Å². The van der Waals surface area contributed by atoms with Crippen LogP contribution in [0, 0.1) is 6.92 Å². The molecule has 0 spiro atoms. The van der Waals surface area contributed by atoms with Gasteiger partial charge in [-0.15, -0.1) is 0 Å². The minimum Gasteiger partial charge on any atom is -0.313 e. The first-order chi connectivity index (χ1) is 9.00. The first-order valence-corrected chi connectivity index (χ1v) is 8.37. The molecule has 5 heteroatoms. The van der Waals surface area contributed by atoms with Gasteiger partial charge in [-0.1, -0.05) is 24.6 Å². The Hall–Kier alpha value is -1.07. The maximum atomic E-state index is 12.4. The Labute approximate surface area is 115 Å². The Morgan fingerprint density at radius 3 is 2.68 bits per heavy atom. The number of hydrogen-bond acceptors (Lipinski definition) is 3. The summed E-state index contributed by atoms with van der Waals surface area (Å²) in [6.07, 6.45) is 3.20. The summed E-state index contributed by atoms with van der Waals surface area (Å²) >= 11 is 0. The summed E-state index contributed by atoms with van der Waals surface area (Å²) in [5.74, 6) is 0.178. The second-order valence-electron chi connectivity index (χ2n) is 5.18. The Kier molecular flexibility index (Phi) is 4.47. The molecular weight excluding hydrogens is 260 g/mol. The molecule has 1 aliphatic heterocycles. The molecule has 1 aromatic carbocycles. The van der Waals surface area contributed by atoms with Gasteiger partial charge < -0.3 is 5.32 Å². The highest BCUT2D eigenvalue weighted by molar-refractivity contribution is 7.92. The van der Waals surface area contributed by atoms with Crippen molar-refractivity contribution in [3.05, 3.63) is 29.8 Å². The molecule has 2 rings (SSSR count). The summed E-state index contributed by atoms with van der Waals surface area (Å²) in [6.45, 7) is 2.86. The Balaban J connectivity index is 2.12. The summed E-state index contributed by atoms with van der Waals surface area (Å²) in [5, 5.41) is 3.29. The summed E-state index contributed by atoms with van der Waals surface area (Å²) in [4.78, 5) is 0. The Morgan fingerprint density at radius 1 is 1.32 bits per heavy atom. The highest BCUT2D eigenvalue weighted by Crippen LogP contribution is 2.22. The molecule has 0 aliphatic carbocycles. The average molecular weight is 282 g/mol. The van der Waals surface area contributed by atoms with E-state index in [1.807, 2.05) is 31.2 Å². The number of nitrogens with one attached hydrogen (secondary N) is 1. The number of benzene rings is 1. The van der Waals surface area contributed by atoms with Gasteiger partial charge in [-0.05, 0) is 37.9 Å². The van der Waals surface area contributed by atoms with Crippen LogP contribution in [-0.4, -0.2) is 33.8 Å². The van der Waals surface area contributed by atoms with Gasteiger partial charge in [0, 0.05) is 13.1 Å². The number of aryl methyl sites for hydroxylation is 1. The summed E-state index contributed by atoms with van der Waals surface area (Å²) in [6, 6.07) is 7.65. The third-order valence-corrected chi connectivity index (χ3v) is 5.55. The summed E-state index contributed by atoms with van der Waals surface area (Å²) in [5.41, 5.74) is 1.74. The zero-order valence-electron chi connectivity index (χ0n) is 11.6. The lowest BCUT2D eigenvalue weighted by molar-refractivity contribution is 0.423. The molecule has 0 saturated carbocycles. The molecule has 4 nitrogen and oxygen atoms in total. The molecule has 1 heterocycles. The zero-order valence-corrected chi connectivity index (χ0v) is 12.4. The van der Waals surface area contributed by atoms with Crippen molar-refractivity contribution in [2.75, 3.05) is 23.7 Å². The molecule has 0 radical (unpaired) electrons. The summed E-state index contributed by atoms with van der Waals surface area (Å²) < 4.78 is 26.3. The van der Waals surface area contributed by atoms with Crippen molar-refractivity contribution in [1.82, 2.24) is 5.32 Å².